The maximum absolute atomic E-state index is 11.2. The lowest BCUT2D eigenvalue weighted by atomic mass is 10.2. The van der Waals surface area contributed by atoms with Crippen molar-refractivity contribution >= 4 is 17.7 Å². The minimum absolute atomic E-state index is 0.251. The Morgan fingerprint density at radius 3 is 2.56 bits per heavy atom. The Labute approximate surface area is 112 Å². The fraction of sp³-hybridized carbons (Fsp3) is 0.615. The molecule has 0 aliphatic rings. The first kappa shape index (κ1) is 15.0. The van der Waals surface area contributed by atoms with Crippen molar-refractivity contribution in [2.45, 2.75) is 45.6 Å². The van der Waals surface area contributed by atoms with E-state index in [0.717, 1.165) is 18.6 Å². The average molecular weight is 268 g/mol. The van der Waals surface area contributed by atoms with Gasteiger partial charge in [0.15, 0.2) is 0 Å². The number of thioether (sulfide) groups is 1. The molecule has 0 unspecified atom stereocenters. The number of aromatic nitrogens is 2. The van der Waals surface area contributed by atoms with Crippen LogP contribution < -0.4 is 0 Å². The Bertz CT molecular complexity index is 433. The summed E-state index contributed by atoms with van der Waals surface area (Å²) >= 11 is 1.52. The zero-order valence-electron chi connectivity index (χ0n) is 11.4. The standard InChI is InChI=1S/C13H20N2O2S/c1-5-10-14-9(4)11(13(16)17)12(15-10)18-7-6-8(2)3/h8H,5-7H2,1-4H3,(H,16,17). The molecule has 1 rings (SSSR count). The van der Waals surface area contributed by atoms with Gasteiger partial charge in [0, 0.05) is 6.42 Å². The van der Waals surface area contributed by atoms with Crippen LogP contribution in [0.3, 0.4) is 0 Å². The van der Waals surface area contributed by atoms with E-state index in [0.29, 0.717) is 22.5 Å². The van der Waals surface area contributed by atoms with Crippen molar-refractivity contribution in [2.24, 2.45) is 5.92 Å². The molecule has 0 spiro atoms. The summed E-state index contributed by atoms with van der Waals surface area (Å²) in [5, 5.41) is 9.83. The third-order valence-corrected chi connectivity index (χ3v) is 3.58. The third kappa shape index (κ3) is 3.98. The normalized spacial score (nSPS) is 10.9. The van der Waals surface area contributed by atoms with Gasteiger partial charge in [-0.15, -0.1) is 11.8 Å². The maximum Gasteiger partial charge on any atom is 0.340 e. The van der Waals surface area contributed by atoms with Crippen LogP contribution in [0.2, 0.25) is 0 Å². The molecule has 0 aliphatic carbocycles. The van der Waals surface area contributed by atoms with Gasteiger partial charge < -0.3 is 5.11 Å². The van der Waals surface area contributed by atoms with Gasteiger partial charge in [-0.1, -0.05) is 20.8 Å². The van der Waals surface area contributed by atoms with E-state index in [4.69, 9.17) is 0 Å². The van der Waals surface area contributed by atoms with Crippen LogP contribution in [0.5, 0.6) is 0 Å². The quantitative estimate of drug-likeness (QED) is 0.634. The SMILES string of the molecule is CCc1nc(C)c(C(=O)O)c(SCCC(C)C)n1. The van der Waals surface area contributed by atoms with Gasteiger partial charge in [-0.3, -0.25) is 0 Å². The fourth-order valence-corrected chi connectivity index (χ4v) is 2.83. The summed E-state index contributed by atoms with van der Waals surface area (Å²) in [6.07, 6.45) is 1.77. The number of nitrogens with zero attached hydrogens (tertiary/aromatic N) is 2. The lowest BCUT2D eigenvalue weighted by molar-refractivity contribution is 0.0690. The van der Waals surface area contributed by atoms with Gasteiger partial charge >= 0.3 is 5.97 Å². The summed E-state index contributed by atoms with van der Waals surface area (Å²) in [7, 11) is 0. The van der Waals surface area contributed by atoms with Crippen molar-refractivity contribution < 1.29 is 9.90 Å². The number of aryl methyl sites for hydroxylation is 2. The average Bonchev–Trinajstić information content (AvgIpc) is 2.27. The molecule has 0 aliphatic heterocycles. The minimum Gasteiger partial charge on any atom is -0.478 e. The van der Waals surface area contributed by atoms with Crippen molar-refractivity contribution in [1.82, 2.24) is 9.97 Å². The van der Waals surface area contributed by atoms with Gasteiger partial charge in [0.05, 0.1) is 5.69 Å². The zero-order chi connectivity index (χ0) is 13.7. The summed E-state index contributed by atoms with van der Waals surface area (Å²) in [5.74, 6) is 1.27. The van der Waals surface area contributed by atoms with Gasteiger partial charge in [0.25, 0.3) is 0 Å². The molecule has 5 heteroatoms. The predicted molar refractivity (Wildman–Crippen MR) is 73.3 cm³/mol. The van der Waals surface area contributed by atoms with Gasteiger partial charge in [0.1, 0.15) is 16.4 Å². The van der Waals surface area contributed by atoms with Crippen LogP contribution in [0.25, 0.3) is 0 Å². The van der Waals surface area contributed by atoms with E-state index in [2.05, 4.69) is 23.8 Å². The van der Waals surface area contributed by atoms with Gasteiger partial charge in [-0.2, -0.15) is 0 Å². The van der Waals surface area contributed by atoms with Crippen molar-refractivity contribution in [3.63, 3.8) is 0 Å². The summed E-state index contributed by atoms with van der Waals surface area (Å²) in [5.41, 5.74) is 0.808. The van der Waals surface area contributed by atoms with E-state index < -0.39 is 5.97 Å². The highest BCUT2D eigenvalue weighted by atomic mass is 32.2. The van der Waals surface area contributed by atoms with Crippen LogP contribution in [0.1, 0.15) is 49.1 Å². The summed E-state index contributed by atoms with van der Waals surface area (Å²) in [6.45, 7) is 8.01. The molecule has 1 heterocycles. The van der Waals surface area contributed by atoms with Gasteiger partial charge in [-0.25, -0.2) is 14.8 Å². The predicted octanol–water partition coefficient (Wildman–Crippen LogP) is 3.18. The lowest BCUT2D eigenvalue weighted by Gasteiger charge is -2.10. The number of rotatable bonds is 6. The molecular formula is C13H20N2O2S. The van der Waals surface area contributed by atoms with E-state index in [-0.39, 0.29) is 5.56 Å². The fourth-order valence-electron chi connectivity index (χ4n) is 1.50. The monoisotopic (exact) mass is 268 g/mol. The number of aromatic carboxylic acids is 1. The third-order valence-electron chi connectivity index (χ3n) is 2.57. The molecular weight excluding hydrogens is 248 g/mol. The maximum atomic E-state index is 11.2. The summed E-state index contributed by atoms with van der Waals surface area (Å²) < 4.78 is 0. The largest absolute Gasteiger partial charge is 0.478 e. The molecule has 0 saturated heterocycles. The molecule has 0 atom stereocenters. The van der Waals surface area contributed by atoms with Crippen LogP contribution in [-0.4, -0.2) is 26.8 Å². The molecule has 1 aromatic rings. The molecule has 0 fully saturated rings. The van der Waals surface area contributed by atoms with Crippen LogP contribution in [-0.2, 0) is 6.42 Å². The second-order valence-electron chi connectivity index (χ2n) is 4.60. The van der Waals surface area contributed by atoms with E-state index in [1.807, 2.05) is 6.92 Å². The van der Waals surface area contributed by atoms with Crippen LogP contribution in [0, 0.1) is 12.8 Å². The molecule has 4 nitrogen and oxygen atoms in total. The van der Waals surface area contributed by atoms with E-state index >= 15 is 0 Å². The highest BCUT2D eigenvalue weighted by Crippen LogP contribution is 2.24. The van der Waals surface area contributed by atoms with Crippen molar-refractivity contribution in [1.29, 1.82) is 0 Å². The number of carbonyl (C=O) groups is 1. The zero-order valence-corrected chi connectivity index (χ0v) is 12.2. The van der Waals surface area contributed by atoms with Crippen molar-refractivity contribution in [2.75, 3.05) is 5.75 Å². The molecule has 1 aromatic heterocycles. The molecule has 1 N–H and O–H groups in total. The van der Waals surface area contributed by atoms with Crippen LogP contribution in [0.4, 0.5) is 0 Å². The Morgan fingerprint density at radius 2 is 2.06 bits per heavy atom. The Kier molecular flexibility index (Phi) is 5.59. The Morgan fingerprint density at radius 1 is 1.39 bits per heavy atom. The second-order valence-corrected chi connectivity index (χ2v) is 5.68. The molecule has 18 heavy (non-hydrogen) atoms. The highest BCUT2D eigenvalue weighted by molar-refractivity contribution is 7.99. The number of carboxylic acids is 1. The number of carboxylic acid groups (broad SMARTS) is 1. The lowest BCUT2D eigenvalue weighted by Crippen LogP contribution is -2.09. The first-order chi connectivity index (χ1) is 8.45. The number of hydrogen-bond donors (Lipinski definition) is 1. The molecule has 0 saturated carbocycles. The van der Waals surface area contributed by atoms with E-state index in [1.165, 1.54) is 11.8 Å². The molecule has 0 radical (unpaired) electrons. The molecule has 0 aromatic carbocycles. The Balaban J connectivity index is 2.98. The number of hydrogen-bond acceptors (Lipinski definition) is 4. The van der Waals surface area contributed by atoms with Crippen LogP contribution >= 0.6 is 11.8 Å². The Hall–Kier alpha value is -1.10. The van der Waals surface area contributed by atoms with Gasteiger partial charge in [-0.05, 0) is 25.0 Å². The van der Waals surface area contributed by atoms with Crippen molar-refractivity contribution in [3.05, 3.63) is 17.1 Å². The highest BCUT2D eigenvalue weighted by Gasteiger charge is 2.17. The van der Waals surface area contributed by atoms with Crippen LogP contribution in [0.15, 0.2) is 5.03 Å². The molecule has 0 amide bonds. The minimum atomic E-state index is -0.942. The molecule has 100 valence electrons. The first-order valence-corrected chi connectivity index (χ1v) is 7.17. The second kappa shape index (κ2) is 6.73. The van der Waals surface area contributed by atoms with Crippen molar-refractivity contribution in [3.8, 4) is 0 Å². The van der Waals surface area contributed by atoms with Gasteiger partial charge in [0.2, 0.25) is 0 Å². The van der Waals surface area contributed by atoms with E-state index in [1.54, 1.807) is 6.92 Å². The molecule has 0 bridgehead atoms. The summed E-state index contributed by atoms with van der Waals surface area (Å²) in [4.78, 5) is 19.8. The van der Waals surface area contributed by atoms with E-state index in [9.17, 15) is 9.90 Å². The smallest absolute Gasteiger partial charge is 0.340 e. The topological polar surface area (TPSA) is 63.1 Å². The first-order valence-electron chi connectivity index (χ1n) is 6.19. The summed E-state index contributed by atoms with van der Waals surface area (Å²) in [6, 6.07) is 0.